The van der Waals surface area contributed by atoms with Gasteiger partial charge in [-0.05, 0) is 24.6 Å². The van der Waals surface area contributed by atoms with Crippen LogP contribution in [0.5, 0.6) is 0 Å². The summed E-state index contributed by atoms with van der Waals surface area (Å²) < 4.78 is 1.48. The maximum atomic E-state index is 12.0. The molecule has 17 heavy (non-hydrogen) atoms. The van der Waals surface area contributed by atoms with Crippen molar-refractivity contribution in [2.24, 2.45) is 0 Å². The summed E-state index contributed by atoms with van der Waals surface area (Å²) in [6, 6.07) is 3.51. The summed E-state index contributed by atoms with van der Waals surface area (Å²) in [5.41, 5.74) is 1.46. The molecule has 1 aromatic rings. The van der Waals surface area contributed by atoms with Crippen molar-refractivity contribution in [1.82, 2.24) is 0 Å². The molecule has 1 rings (SSSR count). The first kappa shape index (κ1) is 14.9. The van der Waals surface area contributed by atoms with Gasteiger partial charge < -0.3 is 5.11 Å². The van der Waals surface area contributed by atoms with Crippen LogP contribution >= 0.6 is 47.8 Å². The number of hydrogen-bond donors (Lipinski definition) is 1. The van der Waals surface area contributed by atoms with Crippen LogP contribution in [0.15, 0.2) is 21.1 Å². The van der Waals surface area contributed by atoms with Gasteiger partial charge >= 0.3 is 5.97 Å². The molecule has 0 aliphatic rings. The molecule has 1 N–H and O–H groups in total. The van der Waals surface area contributed by atoms with Crippen LogP contribution in [0.1, 0.15) is 22.3 Å². The van der Waals surface area contributed by atoms with Gasteiger partial charge in [-0.2, -0.15) is 0 Å². The van der Waals surface area contributed by atoms with Crippen LogP contribution in [0, 0.1) is 6.92 Å². The molecular weight excluding hydrogens is 420 g/mol. The number of aryl methyl sites for hydroxylation is 1. The molecule has 0 spiro atoms. The minimum Gasteiger partial charge on any atom is -0.481 e. The minimum atomic E-state index is -1.01. The zero-order valence-electron chi connectivity index (χ0n) is 8.84. The summed E-state index contributed by atoms with van der Waals surface area (Å²) >= 11 is 9.74. The molecule has 0 radical (unpaired) electrons. The Balaban J connectivity index is 3.04. The summed E-state index contributed by atoms with van der Waals surface area (Å²) in [5, 5.41) is 8.64. The van der Waals surface area contributed by atoms with Crippen molar-refractivity contribution in [3.63, 3.8) is 0 Å². The molecule has 1 atom stereocenters. The third kappa shape index (κ3) is 3.89. The van der Waals surface area contributed by atoms with Crippen LogP contribution in [-0.2, 0) is 4.79 Å². The van der Waals surface area contributed by atoms with Crippen molar-refractivity contribution in [3.05, 3.63) is 32.2 Å². The molecular formula is C11H9Br3O3. The SMILES string of the molecule is Cc1cc(Br)c(C(=O)C(Br)CC(=O)O)cc1Br. The van der Waals surface area contributed by atoms with Gasteiger partial charge in [0.2, 0.25) is 0 Å². The van der Waals surface area contributed by atoms with Gasteiger partial charge in [-0.15, -0.1) is 0 Å². The molecule has 0 aromatic heterocycles. The number of Topliss-reactive ketones (excluding diaryl/α,β-unsaturated/α-hetero) is 1. The van der Waals surface area contributed by atoms with Crippen LogP contribution in [0.2, 0.25) is 0 Å². The molecule has 0 amide bonds. The second-order valence-electron chi connectivity index (χ2n) is 3.51. The molecule has 0 heterocycles. The van der Waals surface area contributed by atoms with Crippen molar-refractivity contribution in [2.45, 2.75) is 18.2 Å². The Labute approximate surface area is 124 Å². The second kappa shape index (κ2) is 6.11. The smallest absolute Gasteiger partial charge is 0.304 e. The number of carboxylic acids is 1. The number of carbonyl (C=O) groups is 2. The molecule has 0 aliphatic heterocycles. The highest BCUT2D eigenvalue weighted by Crippen LogP contribution is 2.28. The van der Waals surface area contributed by atoms with E-state index in [0.29, 0.717) is 10.0 Å². The predicted molar refractivity (Wildman–Crippen MR) is 75.9 cm³/mol. The van der Waals surface area contributed by atoms with Crippen molar-refractivity contribution in [3.8, 4) is 0 Å². The summed E-state index contributed by atoms with van der Waals surface area (Å²) in [5.74, 6) is -1.26. The Hall–Kier alpha value is -0.200. The average Bonchev–Trinajstić information content (AvgIpc) is 2.21. The number of carboxylic acid groups (broad SMARTS) is 1. The number of ketones is 1. The Bertz CT molecular complexity index is 471. The molecule has 1 aromatic carbocycles. The first-order valence-corrected chi connectivity index (χ1v) is 7.18. The van der Waals surface area contributed by atoms with Gasteiger partial charge in [-0.3, -0.25) is 9.59 Å². The molecule has 3 nitrogen and oxygen atoms in total. The van der Waals surface area contributed by atoms with E-state index >= 15 is 0 Å². The molecule has 0 saturated carbocycles. The predicted octanol–water partition coefficient (Wildman–Crippen LogP) is 3.94. The van der Waals surface area contributed by atoms with Crippen molar-refractivity contribution in [2.75, 3.05) is 0 Å². The second-order valence-corrected chi connectivity index (χ2v) is 6.32. The first-order valence-electron chi connectivity index (χ1n) is 4.68. The minimum absolute atomic E-state index is 0.239. The van der Waals surface area contributed by atoms with E-state index < -0.39 is 10.8 Å². The maximum Gasteiger partial charge on any atom is 0.304 e. The molecule has 0 saturated heterocycles. The van der Waals surface area contributed by atoms with Crippen LogP contribution in [0.4, 0.5) is 0 Å². The fraction of sp³-hybridized carbons (Fsp3) is 0.273. The van der Waals surface area contributed by atoms with E-state index in [4.69, 9.17) is 5.11 Å². The third-order valence-electron chi connectivity index (χ3n) is 2.15. The Morgan fingerprint density at radius 2 is 1.88 bits per heavy atom. The zero-order chi connectivity index (χ0) is 13.2. The topological polar surface area (TPSA) is 54.4 Å². The average molecular weight is 429 g/mol. The first-order chi connectivity index (χ1) is 7.82. The van der Waals surface area contributed by atoms with Crippen molar-refractivity contribution < 1.29 is 14.7 Å². The highest BCUT2D eigenvalue weighted by atomic mass is 79.9. The number of halogens is 3. The molecule has 6 heteroatoms. The van der Waals surface area contributed by atoms with E-state index in [2.05, 4.69) is 47.8 Å². The van der Waals surface area contributed by atoms with E-state index in [9.17, 15) is 9.59 Å². The Kier molecular flexibility index (Phi) is 5.34. The van der Waals surface area contributed by atoms with Crippen LogP contribution in [0.3, 0.4) is 0 Å². The van der Waals surface area contributed by atoms with Gasteiger partial charge in [-0.25, -0.2) is 0 Å². The van der Waals surface area contributed by atoms with Crippen LogP contribution in [-0.4, -0.2) is 21.7 Å². The zero-order valence-corrected chi connectivity index (χ0v) is 13.6. The van der Waals surface area contributed by atoms with Gasteiger partial charge in [0, 0.05) is 14.5 Å². The lowest BCUT2D eigenvalue weighted by Gasteiger charge is -2.10. The van der Waals surface area contributed by atoms with Gasteiger partial charge in [0.25, 0.3) is 0 Å². The van der Waals surface area contributed by atoms with Crippen LogP contribution < -0.4 is 0 Å². The standard InChI is InChI=1S/C11H9Br3O3/c1-5-2-8(13)6(3-7(5)12)11(17)9(14)4-10(15)16/h2-3,9H,4H2,1H3,(H,15,16). The van der Waals surface area contributed by atoms with E-state index in [1.807, 2.05) is 13.0 Å². The Morgan fingerprint density at radius 1 is 1.29 bits per heavy atom. The monoisotopic (exact) mass is 426 g/mol. The highest BCUT2D eigenvalue weighted by Gasteiger charge is 2.22. The van der Waals surface area contributed by atoms with Crippen molar-refractivity contribution in [1.29, 1.82) is 0 Å². The van der Waals surface area contributed by atoms with Gasteiger partial charge in [0.1, 0.15) is 0 Å². The van der Waals surface area contributed by atoms with Gasteiger partial charge in [-0.1, -0.05) is 47.8 Å². The third-order valence-corrected chi connectivity index (χ3v) is 4.40. The van der Waals surface area contributed by atoms with E-state index in [1.165, 1.54) is 0 Å². The maximum absolute atomic E-state index is 12.0. The van der Waals surface area contributed by atoms with E-state index in [1.54, 1.807) is 6.07 Å². The summed E-state index contributed by atoms with van der Waals surface area (Å²) in [6.07, 6.45) is -0.239. The lowest BCUT2D eigenvalue weighted by Crippen LogP contribution is -2.18. The summed E-state index contributed by atoms with van der Waals surface area (Å²) in [7, 11) is 0. The van der Waals surface area contributed by atoms with Crippen LogP contribution in [0.25, 0.3) is 0 Å². The highest BCUT2D eigenvalue weighted by molar-refractivity contribution is 9.11. The van der Waals surface area contributed by atoms with Gasteiger partial charge in [0.15, 0.2) is 5.78 Å². The molecule has 0 fully saturated rings. The lowest BCUT2D eigenvalue weighted by molar-refractivity contribution is -0.136. The fourth-order valence-corrected chi connectivity index (χ4v) is 2.77. The number of rotatable bonds is 4. The largest absolute Gasteiger partial charge is 0.481 e. The number of hydrogen-bond acceptors (Lipinski definition) is 2. The fourth-order valence-electron chi connectivity index (χ4n) is 1.25. The lowest BCUT2D eigenvalue weighted by atomic mass is 10.1. The van der Waals surface area contributed by atoms with Crippen molar-refractivity contribution >= 4 is 59.5 Å². The summed E-state index contributed by atoms with van der Waals surface area (Å²) in [4.78, 5) is 21.8. The molecule has 0 aliphatic carbocycles. The Morgan fingerprint density at radius 3 is 2.41 bits per heavy atom. The normalized spacial score (nSPS) is 12.2. The van der Waals surface area contributed by atoms with E-state index in [-0.39, 0.29) is 12.2 Å². The molecule has 0 bridgehead atoms. The number of carbonyl (C=O) groups excluding carboxylic acids is 1. The molecule has 1 unspecified atom stereocenters. The summed E-state index contributed by atoms with van der Waals surface area (Å²) in [6.45, 7) is 1.91. The van der Waals surface area contributed by atoms with Gasteiger partial charge in [0.05, 0.1) is 11.2 Å². The van der Waals surface area contributed by atoms with E-state index in [0.717, 1.165) is 10.0 Å². The number of benzene rings is 1. The molecule has 92 valence electrons. The number of aliphatic carboxylic acids is 1. The number of alkyl halides is 1. The quantitative estimate of drug-likeness (QED) is 0.583.